The van der Waals surface area contributed by atoms with E-state index >= 15 is 0 Å². The number of hydrogen-bond donors (Lipinski definition) is 1. The Morgan fingerprint density at radius 1 is 1.00 bits per heavy atom. The highest BCUT2D eigenvalue weighted by Crippen LogP contribution is 2.40. The minimum absolute atomic E-state index is 0.0620. The van der Waals surface area contributed by atoms with Gasteiger partial charge in [0.1, 0.15) is 11.5 Å². The Balaban J connectivity index is 1.86. The molecular formula is C22H18ClNO3S2. The zero-order valence-corrected chi connectivity index (χ0v) is 17.9. The van der Waals surface area contributed by atoms with Crippen LogP contribution in [0.4, 0.5) is 0 Å². The molecule has 3 aromatic rings. The van der Waals surface area contributed by atoms with Gasteiger partial charge in [0.05, 0.1) is 9.92 Å². The van der Waals surface area contributed by atoms with E-state index in [2.05, 4.69) is 0 Å². The third-order valence-corrected chi connectivity index (χ3v) is 6.92. The Hall–Kier alpha value is -2.25. The molecule has 0 fully saturated rings. The lowest BCUT2D eigenvalue weighted by Gasteiger charge is -2.24. The van der Waals surface area contributed by atoms with Crippen LogP contribution >= 0.6 is 23.4 Å². The molecule has 0 aliphatic carbocycles. The lowest BCUT2D eigenvalue weighted by molar-refractivity contribution is 0.502. The van der Waals surface area contributed by atoms with E-state index < -0.39 is 10.0 Å². The number of fused-ring (bicyclic) bond motifs is 1. The minimum atomic E-state index is -3.75. The molecule has 4 nitrogen and oxygen atoms in total. The second-order valence-corrected chi connectivity index (χ2v) is 9.43. The molecule has 1 heterocycles. The van der Waals surface area contributed by atoms with Gasteiger partial charge in [-0.3, -0.25) is 0 Å². The lowest BCUT2D eigenvalue weighted by atomic mass is 9.92. The molecule has 1 aliphatic heterocycles. The van der Waals surface area contributed by atoms with Crippen molar-refractivity contribution < 1.29 is 13.2 Å². The molecule has 29 heavy (non-hydrogen) atoms. The largest absolute Gasteiger partial charge is 0.456 e. The average Bonchev–Trinajstić information content (AvgIpc) is 2.72. The van der Waals surface area contributed by atoms with Gasteiger partial charge in [-0.15, -0.1) is 11.8 Å². The van der Waals surface area contributed by atoms with Gasteiger partial charge in [-0.2, -0.15) is 0 Å². The van der Waals surface area contributed by atoms with Crippen LogP contribution in [0.5, 0.6) is 5.75 Å². The summed E-state index contributed by atoms with van der Waals surface area (Å²) in [5.41, 5.74) is 3.80. The molecule has 0 saturated heterocycles. The monoisotopic (exact) mass is 443 g/mol. The molecule has 0 aromatic heterocycles. The van der Waals surface area contributed by atoms with E-state index in [9.17, 15) is 8.42 Å². The van der Waals surface area contributed by atoms with Crippen molar-refractivity contribution in [3.8, 4) is 5.75 Å². The number of sulfonamides is 1. The Bertz CT molecular complexity index is 1220. The Morgan fingerprint density at radius 2 is 1.69 bits per heavy atom. The molecule has 7 heteroatoms. The Labute approximate surface area is 179 Å². The van der Waals surface area contributed by atoms with Crippen LogP contribution in [-0.2, 0) is 16.4 Å². The van der Waals surface area contributed by atoms with Gasteiger partial charge < -0.3 is 4.74 Å². The SMILES string of the molecule is CSc1ccc(C2=C(c3ccc(S(N)(=O)=O)cc3)Oc3ccccc3C2)cc1Cl. The Morgan fingerprint density at radius 3 is 2.34 bits per heavy atom. The standard InChI is InChI=1S/C22H18ClNO3S2/c1-28-21-11-8-15(13-19(21)23)18-12-16-4-2-3-5-20(16)27-22(18)14-6-9-17(10-7-14)29(24,25)26/h2-11,13H,12H2,1H3,(H2,24,25,26). The fourth-order valence-corrected chi connectivity index (χ4v) is 4.69. The number of primary sulfonamides is 1. The van der Waals surface area contributed by atoms with Crippen LogP contribution in [0, 0.1) is 0 Å². The number of benzene rings is 3. The maximum atomic E-state index is 11.6. The average molecular weight is 444 g/mol. The first-order valence-electron chi connectivity index (χ1n) is 8.83. The summed E-state index contributed by atoms with van der Waals surface area (Å²) in [6, 6.07) is 20.2. The molecule has 148 valence electrons. The van der Waals surface area contributed by atoms with Crippen LogP contribution in [0.3, 0.4) is 0 Å². The Kier molecular flexibility index (Phi) is 5.44. The van der Waals surface area contributed by atoms with Gasteiger partial charge in [0.2, 0.25) is 10.0 Å². The second-order valence-electron chi connectivity index (χ2n) is 6.61. The first kappa shape index (κ1) is 20.0. The zero-order chi connectivity index (χ0) is 20.6. The second kappa shape index (κ2) is 7.88. The summed E-state index contributed by atoms with van der Waals surface area (Å²) >= 11 is 8.04. The summed E-state index contributed by atoms with van der Waals surface area (Å²) in [7, 11) is -3.75. The summed E-state index contributed by atoms with van der Waals surface area (Å²) in [5, 5.41) is 5.91. The molecule has 0 atom stereocenters. The van der Waals surface area contributed by atoms with Gasteiger partial charge in [0, 0.05) is 22.5 Å². The van der Waals surface area contributed by atoms with E-state index in [-0.39, 0.29) is 4.90 Å². The molecular weight excluding hydrogens is 426 g/mol. The van der Waals surface area contributed by atoms with E-state index in [4.69, 9.17) is 21.5 Å². The molecule has 0 bridgehead atoms. The normalized spacial score (nSPS) is 13.8. The molecule has 3 aromatic carbocycles. The lowest BCUT2D eigenvalue weighted by Crippen LogP contribution is -2.12. The molecule has 0 radical (unpaired) electrons. The zero-order valence-electron chi connectivity index (χ0n) is 15.6. The number of para-hydroxylation sites is 1. The topological polar surface area (TPSA) is 69.4 Å². The molecule has 1 aliphatic rings. The summed E-state index contributed by atoms with van der Waals surface area (Å²) in [4.78, 5) is 1.07. The summed E-state index contributed by atoms with van der Waals surface area (Å²) < 4.78 is 29.4. The van der Waals surface area contributed by atoms with E-state index in [1.165, 1.54) is 12.1 Å². The van der Waals surface area contributed by atoms with Gasteiger partial charge in [-0.25, -0.2) is 13.6 Å². The number of halogens is 1. The summed E-state index contributed by atoms with van der Waals surface area (Å²) in [6.07, 6.45) is 2.66. The van der Waals surface area contributed by atoms with Crippen molar-refractivity contribution in [1.82, 2.24) is 0 Å². The van der Waals surface area contributed by atoms with Crippen molar-refractivity contribution in [2.75, 3.05) is 6.26 Å². The van der Waals surface area contributed by atoms with Crippen molar-refractivity contribution in [3.05, 3.63) is 88.4 Å². The van der Waals surface area contributed by atoms with Crippen molar-refractivity contribution in [2.45, 2.75) is 16.2 Å². The highest BCUT2D eigenvalue weighted by Gasteiger charge is 2.23. The third-order valence-electron chi connectivity index (χ3n) is 4.77. The van der Waals surface area contributed by atoms with Crippen LogP contribution in [0.15, 0.2) is 76.5 Å². The number of rotatable bonds is 4. The fourth-order valence-electron chi connectivity index (χ4n) is 3.31. The first-order valence-corrected chi connectivity index (χ1v) is 12.0. The number of allylic oxidation sites excluding steroid dienone is 1. The fraction of sp³-hybridized carbons (Fsp3) is 0.0909. The van der Waals surface area contributed by atoms with Crippen molar-refractivity contribution in [3.63, 3.8) is 0 Å². The van der Waals surface area contributed by atoms with Crippen LogP contribution < -0.4 is 9.88 Å². The van der Waals surface area contributed by atoms with Crippen LogP contribution in [-0.4, -0.2) is 14.7 Å². The summed E-state index contributed by atoms with van der Waals surface area (Å²) in [6.45, 7) is 0. The van der Waals surface area contributed by atoms with Gasteiger partial charge in [0.15, 0.2) is 0 Å². The molecule has 0 saturated carbocycles. The van der Waals surface area contributed by atoms with Gasteiger partial charge in [-0.05, 0) is 59.8 Å². The van der Waals surface area contributed by atoms with Gasteiger partial charge >= 0.3 is 0 Å². The molecule has 2 N–H and O–H groups in total. The minimum Gasteiger partial charge on any atom is -0.456 e. The van der Waals surface area contributed by atoms with Crippen molar-refractivity contribution in [1.29, 1.82) is 0 Å². The number of hydrogen-bond acceptors (Lipinski definition) is 4. The van der Waals surface area contributed by atoms with Crippen molar-refractivity contribution >= 4 is 44.7 Å². The number of nitrogens with two attached hydrogens (primary N) is 1. The number of thioether (sulfide) groups is 1. The first-order chi connectivity index (χ1) is 13.9. The third kappa shape index (κ3) is 4.07. The highest BCUT2D eigenvalue weighted by atomic mass is 35.5. The van der Waals surface area contributed by atoms with Crippen LogP contribution in [0.2, 0.25) is 5.02 Å². The van der Waals surface area contributed by atoms with Crippen LogP contribution in [0.25, 0.3) is 11.3 Å². The van der Waals surface area contributed by atoms with Crippen LogP contribution in [0.1, 0.15) is 16.7 Å². The van der Waals surface area contributed by atoms with E-state index in [0.717, 1.165) is 32.9 Å². The molecule has 4 rings (SSSR count). The highest BCUT2D eigenvalue weighted by molar-refractivity contribution is 7.98. The van der Waals surface area contributed by atoms with Gasteiger partial charge in [-0.1, -0.05) is 35.9 Å². The molecule has 0 unspecified atom stereocenters. The van der Waals surface area contributed by atoms with E-state index in [1.807, 2.05) is 48.7 Å². The predicted molar refractivity (Wildman–Crippen MR) is 119 cm³/mol. The maximum absolute atomic E-state index is 11.6. The van der Waals surface area contributed by atoms with Crippen molar-refractivity contribution in [2.24, 2.45) is 5.14 Å². The smallest absolute Gasteiger partial charge is 0.238 e. The molecule has 0 amide bonds. The number of ether oxygens (including phenoxy) is 1. The van der Waals surface area contributed by atoms with Gasteiger partial charge in [0.25, 0.3) is 0 Å². The molecule has 0 spiro atoms. The summed E-state index contributed by atoms with van der Waals surface area (Å²) in [5.74, 6) is 1.46. The predicted octanol–water partition coefficient (Wildman–Crippen LogP) is 5.21. The van der Waals surface area contributed by atoms with E-state index in [1.54, 1.807) is 23.9 Å². The van der Waals surface area contributed by atoms with E-state index in [0.29, 0.717) is 17.2 Å². The quantitative estimate of drug-likeness (QED) is 0.562. The maximum Gasteiger partial charge on any atom is 0.238 e.